The van der Waals surface area contributed by atoms with Crippen LogP contribution in [0.5, 0.6) is 0 Å². The van der Waals surface area contributed by atoms with Gasteiger partial charge >= 0.3 is 0 Å². The molecule has 3 fully saturated rings. The van der Waals surface area contributed by atoms with E-state index in [1.54, 1.807) is 0 Å². The molecule has 5 rings (SSSR count). The van der Waals surface area contributed by atoms with Crippen molar-refractivity contribution in [3.05, 3.63) is 23.8 Å². The number of ketones is 1. The van der Waals surface area contributed by atoms with Gasteiger partial charge in [0.2, 0.25) is 0 Å². The van der Waals surface area contributed by atoms with Crippen molar-refractivity contribution >= 4 is 12.0 Å². The molecule has 0 radical (unpaired) electrons. The molecule has 0 aromatic heterocycles. The minimum atomic E-state index is 0.153. The fourth-order valence-corrected chi connectivity index (χ4v) is 7.90. The topological polar surface area (TPSA) is 40.9 Å². The summed E-state index contributed by atoms with van der Waals surface area (Å²) < 4.78 is 0. The summed E-state index contributed by atoms with van der Waals surface area (Å²) in [6, 6.07) is 0. The summed E-state index contributed by atoms with van der Waals surface area (Å²) in [5.74, 6) is 4.75. The second-order valence-corrected chi connectivity index (χ2v) is 9.38. The van der Waals surface area contributed by atoms with Crippen LogP contribution in [-0.2, 0) is 4.79 Å². The Kier molecular flexibility index (Phi) is 2.96. The zero-order chi connectivity index (χ0) is 16.7. The van der Waals surface area contributed by atoms with Crippen LogP contribution in [0.2, 0.25) is 0 Å². The van der Waals surface area contributed by atoms with Crippen LogP contribution in [0.1, 0.15) is 52.4 Å². The molecule has 8 unspecified atom stereocenters. The summed E-state index contributed by atoms with van der Waals surface area (Å²) in [5.41, 5.74) is 1.78. The molecule has 24 heavy (non-hydrogen) atoms. The molecule has 0 aromatic rings. The van der Waals surface area contributed by atoms with Crippen molar-refractivity contribution in [2.24, 2.45) is 46.3 Å². The number of rotatable bonds is 2. The maximum absolute atomic E-state index is 11.8. The lowest BCUT2D eigenvalue weighted by molar-refractivity contribution is -0.115. The number of hydrogen-bond donors (Lipinski definition) is 1. The molecule has 1 N–H and O–H groups in total. The Morgan fingerprint density at radius 3 is 2.92 bits per heavy atom. The van der Waals surface area contributed by atoms with Gasteiger partial charge in [0.1, 0.15) is 0 Å². The average molecular weight is 323 g/mol. The predicted octanol–water partition coefficient (Wildman–Crippen LogP) is 4.81. The van der Waals surface area contributed by atoms with Crippen LogP contribution in [-0.4, -0.2) is 12.0 Å². The first-order valence-electron chi connectivity index (χ1n) is 10.00. The second kappa shape index (κ2) is 4.71. The number of nitrogens with one attached hydrogen (secondary N) is 1. The normalized spacial score (nSPS) is 54.2. The van der Waals surface area contributed by atoms with E-state index in [-0.39, 0.29) is 5.41 Å². The highest BCUT2D eigenvalue weighted by Crippen LogP contribution is 2.78. The summed E-state index contributed by atoms with van der Waals surface area (Å²) in [7, 11) is 0. The summed E-state index contributed by atoms with van der Waals surface area (Å²) in [6.07, 6.45) is 15.4. The maximum Gasteiger partial charge on any atom is 0.155 e. The van der Waals surface area contributed by atoms with E-state index in [0.717, 1.165) is 42.9 Å². The van der Waals surface area contributed by atoms with Gasteiger partial charge in [-0.1, -0.05) is 26.0 Å². The molecule has 0 aromatic carbocycles. The highest BCUT2D eigenvalue weighted by atomic mass is 16.1. The molecule has 0 aliphatic heterocycles. The lowest BCUT2D eigenvalue weighted by atomic mass is 9.48. The quantitative estimate of drug-likeness (QED) is 0.728. The fourth-order valence-electron chi connectivity index (χ4n) is 7.90. The van der Waals surface area contributed by atoms with Crippen molar-refractivity contribution in [3.8, 4) is 0 Å². The highest BCUT2D eigenvalue weighted by Gasteiger charge is 2.74. The zero-order valence-corrected chi connectivity index (χ0v) is 14.9. The number of fused-ring (bicyclic) bond motifs is 7. The molecule has 0 spiro atoms. The van der Waals surface area contributed by atoms with E-state index in [2.05, 4.69) is 26.0 Å². The van der Waals surface area contributed by atoms with Crippen molar-refractivity contribution < 1.29 is 4.79 Å². The van der Waals surface area contributed by atoms with Crippen molar-refractivity contribution in [1.82, 2.24) is 0 Å². The van der Waals surface area contributed by atoms with E-state index in [9.17, 15) is 4.79 Å². The molecule has 8 atom stereocenters. The molecule has 0 heterocycles. The SMILES string of the molecule is CCC1(C=N)C2CC2C2C3C=CC4=CC(=O)CCC4C3CCC21C. The standard InChI is InChI=1S/C22H29NO/c1-3-22(12-23)19-11-18(19)20-17-6-4-13-10-14(24)5-7-15(13)16(17)8-9-21(20,22)2/h4,6,10,12,15-20,23H,3,5,7-9,11H2,1-2H3. The minimum Gasteiger partial charge on any atom is -0.312 e. The molecular formula is C22H29NO. The largest absolute Gasteiger partial charge is 0.312 e. The monoisotopic (exact) mass is 323 g/mol. The fraction of sp³-hybridized carbons (Fsp3) is 0.727. The molecule has 0 amide bonds. The summed E-state index contributed by atoms with van der Waals surface area (Å²) in [4.78, 5) is 11.8. The number of carbonyl (C=O) groups excluding carboxylic acids is 1. The van der Waals surface area contributed by atoms with E-state index >= 15 is 0 Å². The summed E-state index contributed by atoms with van der Waals surface area (Å²) in [5, 5.41) is 8.26. The second-order valence-electron chi connectivity index (χ2n) is 9.38. The third-order valence-corrected chi connectivity index (χ3v) is 9.00. The van der Waals surface area contributed by atoms with E-state index in [0.29, 0.717) is 23.0 Å². The van der Waals surface area contributed by atoms with Crippen LogP contribution in [0.4, 0.5) is 0 Å². The molecule has 0 bridgehead atoms. The van der Waals surface area contributed by atoms with Gasteiger partial charge in [-0.3, -0.25) is 4.79 Å². The Hall–Kier alpha value is -1.18. The Balaban J connectivity index is 1.56. The van der Waals surface area contributed by atoms with E-state index in [1.807, 2.05) is 12.3 Å². The van der Waals surface area contributed by atoms with E-state index in [1.165, 1.54) is 24.8 Å². The van der Waals surface area contributed by atoms with E-state index < -0.39 is 0 Å². The van der Waals surface area contributed by atoms with Gasteiger partial charge < -0.3 is 5.41 Å². The predicted molar refractivity (Wildman–Crippen MR) is 95.9 cm³/mol. The maximum atomic E-state index is 11.8. The lowest BCUT2D eigenvalue weighted by Crippen LogP contribution is -2.51. The molecule has 128 valence electrons. The van der Waals surface area contributed by atoms with Crippen LogP contribution >= 0.6 is 0 Å². The number of hydrogen-bond acceptors (Lipinski definition) is 2. The van der Waals surface area contributed by atoms with Gasteiger partial charge in [0.25, 0.3) is 0 Å². The van der Waals surface area contributed by atoms with Crippen LogP contribution < -0.4 is 0 Å². The first kappa shape index (κ1) is 15.1. The van der Waals surface area contributed by atoms with Gasteiger partial charge in [0.15, 0.2) is 5.78 Å². The Morgan fingerprint density at radius 2 is 2.17 bits per heavy atom. The molecule has 5 aliphatic rings. The van der Waals surface area contributed by atoms with Gasteiger partial charge in [-0.25, -0.2) is 0 Å². The van der Waals surface area contributed by atoms with E-state index in [4.69, 9.17) is 5.41 Å². The van der Waals surface area contributed by atoms with Gasteiger partial charge in [-0.2, -0.15) is 0 Å². The van der Waals surface area contributed by atoms with Crippen molar-refractivity contribution in [2.45, 2.75) is 52.4 Å². The third kappa shape index (κ3) is 1.59. The van der Waals surface area contributed by atoms with Crippen LogP contribution in [0.25, 0.3) is 0 Å². The third-order valence-electron chi connectivity index (χ3n) is 9.00. The van der Waals surface area contributed by atoms with Crippen molar-refractivity contribution in [2.75, 3.05) is 0 Å². The molecule has 2 nitrogen and oxygen atoms in total. The van der Waals surface area contributed by atoms with Crippen LogP contribution in [0, 0.1) is 51.7 Å². The highest BCUT2D eigenvalue weighted by molar-refractivity contribution is 5.92. The molecule has 3 saturated carbocycles. The number of allylic oxidation sites excluding steroid dienone is 4. The molecular weight excluding hydrogens is 294 g/mol. The van der Waals surface area contributed by atoms with Crippen molar-refractivity contribution in [1.29, 1.82) is 5.41 Å². The molecule has 2 heteroatoms. The van der Waals surface area contributed by atoms with Crippen molar-refractivity contribution in [3.63, 3.8) is 0 Å². The van der Waals surface area contributed by atoms with Gasteiger partial charge in [-0.05, 0) is 84.7 Å². The Bertz CT molecular complexity index is 675. The smallest absolute Gasteiger partial charge is 0.155 e. The average Bonchev–Trinajstić information content (AvgIpc) is 3.32. The number of carbonyl (C=O) groups is 1. The summed E-state index contributed by atoms with van der Waals surface area (Å²) in [6.45, 7) is 4.82. The Morgan fingerprint density at radius 1 is 1.33 bits per heavy atom. The zero-order valence-electron chi connectivity index (χ0n) is 14.9. The molecule has 5 aliphatic carbocycles. The Labute approximate surface area is 145 Å². The van der Waals surface area contributed by atoms with Crippen LogP contribution in [0.3, 0.4) is 0 Å². The minimum absolute atomic E-state index is 0.153. The first-order chi connectivity index (χ1) is 11.6. The van der Waals surface area contributed by atoms with Gasteiger partial charge in [-0.15, -0.1) is 0 Å². The van der Waals surface area contributed by atoms with Crippen LogP contribution in [0.15, 0.2) is 23.8 Å². The molecule has 0 saturated heterocycles. The summed E-state index contributed by atoms with van der Waals surface area (Å²) >= 11 is 0. The first-order valence-corrected chi connectivity index (χ1v) is 10.00. The van der Waals surface area contributed by atoms with Gasteiger partial charge in [0, 0.05) is 18.1 Å². The lowest BCUT2D eigenvalue weighted by Gasteiger charge is -2.56. The van der Waals surface area contributed by atoms with Gasteiger partial charge in [0.05, 0.1) is 0 Å².